The Hall–Kier alpha value is -1.09. The van der Waals surface area contributed by atoms with Gasteiger partial charge in [-0.1, -0.05) is 27.2 Å². The molecule has 21 heavy (non-hydrogen) atoms. The fourth-order valence-corrected chi connectivity index (χ4v) is 3.62. The van der Waals surface area contributed by atoms with Gasteiger partial charge >= 0.3 is 0 Å². The van der Waals surface area contributed by atoms with Gasteiger partial charge in [0, 0.05) is 12.2 Å². The number of rotatable bonds is 7. The van der Waals surface area contributed by atoms with E-state index >= 15 is 0 Å². The van der Waals surface area contributed by atoms with Crippen molar-refractivity contribution in [3.05, 3.63) is 24.0 Å². The van der Waals surface area contributed by atoms with Crippen LogP contribution in [0.25, 0.3) is 0 Å². The van der Waals surface area contributed by atoms with Gasteiger partial charge in [-0.15, -0.1) is 0 Å². The molecule has 1 N–H and O–H groups in total. The van der Waals surface area contributed by atoms with Crippen molar-refractivity contribution in [3.8, 4) is 5.75 Å². The quantitative estimate of drug-likeness (QED) is 0.810. The van der Waals surface area contributed by atoms with Gasteiger partial charge in [0.1, 0.15) is 5.75 Å². The summed E-state index contributed by atoms with van der Waals surface area (Å²) in [5, 5.41) is 3.76. The lowest BCUT2D eigenvalue weighted by Crippen LogP contribution is -2.34. The van der Waals surface area contributed by atoms with Crippen LogP contribution in [0.1, 0.15) is 65.0 Å². The average Bonchev–Trinajstić information content (AvgIpc) is 2.80. The van der Waals surface area contributed by atoms with Crippen LogP contribution in [0.5, 0.6) is 5.75 Å². The maximum atomic E-state index is 5.63. The van der Waals surface area contributed by atoms with E-state index in [1.54, 1.807) is 0 Å². The first kappa shape index (κ1) is 16.3. The van der Waals surface area contributed by atoms with Crippen LogP contribution in [0, 0.1) is 11.3 Å². The van der Waals surface area contributed by atoms with Crippen LogP contribution in [0.15, 0.2) is 18.5 Å². The van der Waals surface area contributed by atoms with Crippen molar-refractivity contribution in [2.45, 2.75) is 59.4 Å². The topological polar surface area (TPSA) is 34.2 Å². The molecule has 1 aliphatic carbocycles. The van der Waals surface area contributed by atoms with Crippen LogP contribution in [0.3, 0.4) is 0 Å². The van der Waals surface area contributed by atoms with E-state index in [-0.39, 0.29) is 0 Å². The minimum Gasteiger partial charge on any atom is -0.492 e. The fraction of sp³-hybridized carbons (Fsp3) is 0.722. The predicted molar refractivity (Wildman–Crippen MR) is 87.6 cm³/mol. The van der Waals surface area contributed by atoms with E-state index in [1.165, 1.54) is 24.8 Å². The normalized spacial score (nSPS) is 22.2. The van der Waals surface area contributed by atoms with Crippen LogP contribution in [-0.2, 0) is 0 Å². The van der Waals surface area contributed by atoms with Gasteiger partial charge in [-0.3, -0.25) is 4.98 Å². The van der Waals surface area contributed by atoms with Gasteiger partial charge in [0.05, 0.1) is 12.8 Å². The lowest BCUT2D eigenvalue weighted by Gasteiger charge is -2.35. The molecular formula is C18H30N2O. The molecule has 1 heterocycles. The van der Waals surface area contributed by atoms with Crippen LogP contribution < -0.4 is 10.1 Å². The van der Waals surface area contributed by atoms with Crippen molar-refractivity contribution < 1.29 is 4.74 Å². The van der Waals surface area contributed by atoms with Gasteiger partial charge in [-0.05, 0) is 55.7 Å². The molecule has 0 spiro atoms. The fourth-order valence-electron chi connectivity index (χ4n) is 3.62. The third kappa shape index (κ3) is 3.97. The van der Waals surface area contributed by atoms with Gasteiger partial charge in [-0.25, -0.2) is 0 Å². The molecule has 0 aromatic carbocycles. The van der Waals surface area contributed by atoms with E-state index in [9.17, 15) is 0 Å². The molecule has 2 atom stereocenters. The number of hydrogen-bond acceptors (Lipinski definition) is 3. The summed E-state index contributed by atoms with van der Waals surface area (Å²) in [6.07, 6.45) is 8.92. The van der Waals surface area contributed by atoms with E-state index in [0.717, 1.165) is 18.7 Å². The van der Waals surface area contributed by atoms with Crippen molar-refractivity contribution in [2.75, 3.05) is 13.2 Å². The maximum Gasteiger partial charge on any atom is 0.137 e. The molecule has 1 aromatic heterocycles. The van der Waals surface area contributed by atoms with Crippen molar-refractivity contribution in [2.24, 2.45) is 11.3 Å². The van der Waals surface area contributed by atoms with Gasteiger partial charge in [0.15, 0.2) is 0 Å². The zero-order chi connectivity index (χ0) is 15.3. The summed E-state index contributed by atoms with van der Waals surface area (Å²) < 4.78 is 5.63. The Kier molecular flexibility index (Phi) is 5.63. The molecule has 3 nitrogen and oxygen atoms in total. The summed E-state index contributed by atoms with van der Waals surface area (Å²) in [6, 6.07) is 2.55. The smallest absolute Gasteiger partial charge is 0.137 e. The lowest BCUT2D eigenvalue weighted by molar-refractivity contribution is 0.197. The van der Waals surface area contributed by atoms with Crippen LogP contribution in [0.4, 0.5) is 0 Å². The second-order valence-electron chi connectivity index (χ2n) is 6.81. The Bertz CT molecular complexity index is 445. The van der Waals surface area contributed by atoms with E-state index in [2.05, 4.69) is 37.1 Å². The first-order chi connectivity index (χ1) is 10.1. The van der Waals surface area contributed by atoms with Crippen LogP contribution >= 0.6 is 0 Å². The summed E-state index contributed by atoms with van der Waals surface area (Å²) in [6.45, 7) is 10.8. The number of aromatic nitrogens is 1. The first-order valence-electron chi connectivity index (χ1n) is 8.39. The standard InChI is InChI=1S/C18H30N2O/c1-5-10-20-17(16-8-7-9-18(16,3)4)14-11-15(21-6-2)13-19-12-14/h11-13,16-17,20H,5-10H2,1-4H3. The van der Waals surface area contributed by atoms with Gasteiger partial charge in [0.25, 0.3) is 0 Å². The molecule has 0 aliphatic heterocycles. The molecule has 1 saturated carbocycles. The van der Waals surface area contributed by atoms with Gasteiger partial charge < -0.3 is 10.1 Å². The molecule has 118 valence electrons. The summed E-state index contributed by atoms with van der Waals surface area (Å²) in [4.78, 5) is 4.39. The lowest BCUT2D eigenvalue weighted by atomic mass is 9.75. The average molecular weight is 290 g/mol. The summed E-state index contributed by atoms with van der Waals surface area (Å²) in [5.41, 5.74) is 1.67. The molecule has 1 aliphatic rings. The molecule has 1 aromatic rings. The van der Waals surface area contributed by atoms with Crippen LogP contribution in [-0.4, -0.2) is 18.1 Å². The Morgan fingerprint density at radius 2 is 2.19 bits per heavy atom. The SMILES string of the molecule is CCCNC(c1cncc(OCC)c1)C1CCCC1(C)C. The number of pyridine rings is 1. The Labute approximate surface area is 129 Å². The van der Waals surface area contributed by atoms with Gasteiger partial charge in [-0.2, -0.15) is 0 Å². The third-order valence-corrected chi connectivity index (χ3v) is 4.76. The molecule has 0 radical (unpaired) electrons. The number of nitrogens with one attached hydrogen (secondary N) is 1. The first-order valence-corrected chi connectivity index (χ1v) is 8.39. The molecule has 3 heteroatoms. The third-order valence-electron chi connectivity index (χ3n) is 4.76. The second-order valence-corrected chi connectivity index (χ2v) is 6.81. The van der Waals surface area contributed by atoms with E-state index in [0.29, 0.717) is 24.0 Å². The summed E-state index contributed by atoms with van der Waals surface area (Å²) in [5.74, 6) is 1.55. The van der Waals surface area contributed by atoms with E-state index < -0.39 is 0 Å². The highest BCUT2D eigenvalue weighted by Gasteiger charge is 2.40. The molecule has 0 bridgehead atoms. The minimum absolute atomic E-state index is 0.385. The molecule has 1 fully saturated rings. The van der Waals surface area contributed by atoms with Crippen LogP contribution in [0.2, 0.25) is 0 Å². The zero-order valence-corrected chi connectivity index (χ0v) is 14.0. The zero-order valence-electron chi connectivity index (χ0n) is 14.0. The highest BCUT2D eigenvalue weighted by molar-refractivity contribution is 5.27. The molecular weight excluding hydrogens is 260 g/mol. The van der Waals surface area contributed by atoms with Crippen molar-refractivity contribution in [3.63, 3.8) is 0 Å². The van der Waals surface area contributed by atoms with Gasteiger partial charge in [0.2, 0.25) is 0 Å². The van der Waals surface area contributed by atoms with Crippen molar-refractivity contribution in [1.82, 2.24) is 10.3 Å². The Morgan fingerprint density at radius 1 is 1.38 bits per heavy atom. The molecule has 2 unspecified atom stereocenters. The predicted octanol–water partition coefficient (Wildman–Crippen LogP) is 4.35. The Morgan fingerprint density at radius 3 is 2.81 bits per heavy atom. The van der Waals surface area contributed by atoms with E-state index in [1.807, 2.05) is 19.3 Å². The number of nitrogens with zero attached hydrogens (tertiary/aromatic N) is 1. The van der Waals surface area contributed by atoms with E-state index in [4.69, 9.17) is 4.74 Å². The monoisotopic (exact) mass is 290 g/mol. The largest absolute Gasteiger partial charge is 0.492 e. The molecule has 0 amide bonds. The highest BCUT2D eigenvalue weighted by atomic mass is 16.5. The minimum atomic E-state index is 0.385. The second kappa shape index (κ2) is 7.26. The Balaban J connectivity index is 2.24. The maximum absolute atomic E-state index is 5.63. The summed E-state index contributed by atoms with van der Waals surface area (Å²) >= 11 is 0. The summed E-state index contributed by atoms with van der Waals surface area (Å²) in [7, 11) is 0. The molecule has 2 rings (SSSR count). The van der Waals surface area contributed by atoms with Crippen molar-refractivity contribution in [1.29, 1.82) is 0 Å². The highest BCUT2D eigenvalue weighted by Crippen LogP contribution is 2.48. The number of ether oxygens (including phenoxy) is 1. The van der Waals surface area contributed by atoms with Crippen molar-refractivity contribution >= 4 is 0 Å². The molecule has 0 saturated heterocycles. The number of hydrogen-bond donors (Lipinski definition) is 1.